The molecule has 0 radical (unpaired) electrons. The van der Waals surface area contributed by atoms with Crippen LogP contribution in [0.2, 0.25) is 0 Å². The van der Waals surface area contributed by atoms with Crippen LogP contribution >= 0.6 is 0 Å². The fraction of sp³-hybridized carbons (Fsp3) is 0.700. The zero-order valence-corrected chi connectivity index (χ0v) is 16.0. The van der Waals surface area contributed by atoms with Gasteiger partial charge in [0, 0.05) is 13.1 Å². The third-order valence-corrected chi connectivity index (χ3v) is 5.75. The Kier molecular flexibility index (Phi) is 5.68. The highest BCUT2D eigenvalue weighted by molar-refractivity contribution is 5.92. The summed E-state index contributed by atoms with van der Waals surface area (Å²) in [6.07, 6.45) is 4.44. The summed E-state index contributed by atoms with van der Waals surface area (Å²) in [5, 5.41) is 2.96. The minimum Gasteiger partial charge on any atom is -0.337 e. The Labute approximate surface area is 158 Å². The van der Waals surface area contributed by atoms with Crippen LogP contribution in [-0.4, -0.2) is 24.1 Å². The number of aryl methyl sites for hydroxylation is 1. The first-order valence-electron chi connectivity index (χ1n) is 9.77. The number of hydrogen-bond acceptors (Lipinski definition) is 2. The van der Waals surface area contributed by atoms with Crippen molar-refractivity contribution < 1.29 is 18.0 Å². The van der Waals surface area contributed by atoms with Gasteiger partial charge in [0.15, 0.2) is 0 Å². The lowest BCUT2D eigenvalue weighted by molar-refractivity contribution is -0.141. The van der Waals surface area contributed by atoms with E-state index in [0.717, 1.165) is 44.6 Å². The van der Waals surface area contributed by atoms with E-state index >= 15 is 0 Å². The minimum absolute atomic E-state index is 0.0235. The Morgan fingerprint density at radius 2 is 1.96 bits per heavy atom. The molecule has 3 rings (SSSR count). The van der Waals surface area contributed by atoms with Gasteiger partial charge in [0.25, 0.3) is 0 Å². The molecule has 0 aromatic carbocycles. The van der Waals surface area contributed by atoms with Crippen molar-refractivity contribution in [2.24, 2.45) is 11.3 Å². The first-order chi connectivity index (χ1) is 12.7. The molecule has 27 heavy (non-hydrogen) atoms. The topological polar surface area (TPSA) is 45.2 Å². The quantitative estimate of drug-likeness (QED) is 0.749. The summed E-state index contributed by atoms with van der Waals surface area (Å²) in [5.41, 5.74) is -0.0722. The van der Waals surface area contributed by atoms with E-state index in [0.29, 0.717) is 30.3 Å². The summed E-state index contributed by atoms with van der Waals surface area (Å²) < 4.78 is 38.9. The highest BCUT2D eigenvalue weighted by atomic mass is 19.4. The van der Waals surface area contributed by atoms with E-state index in [9.17, 15) is 18.0 Å². The van der Waals surface area contributed by atoms with Crippen LogP contribution < -0.4 is 10.2 Å². The van der Waals surface area contributed by atoms with Crippen LogP contribution in [-0.2, 0) is 6.18 Å². The SMILES string of the molecule is Cc1cc(C(F)(F)F)ncc1N(CC1(C)CCCCC1)C(=O)NCC1CC1. The van der Waals surface area contributed by atoms with Crippen molar-refractivity contribution in [3.63, 3.8) is 0 Å². The Bertz CT molecular complexity index is 680. The number of amides is 2. The zero-order valence-electron chi connectivity index (χ0n) is 16.0. The van der Waals surface area contributed by atoms with E-state index in [-0.39, 0.29) is 11.4 Å². The standard InChI is InChI=1S/C20H28F3N3O/c1-14-10-17(20(21,22)23)24-12-16(14)26(18(27)25-11-15-6-7-15)13-19(2)8-4-3-5-9-19/h10,12,15H,3-9,11,13H2,1-2H3,(H,25,27). The van der Waals surface area contributed by atoms with E-state index in [1.165, 1.54) is 12.6 Å². The van der Waals surface area contributed by atoms with Gasteiger partial charge in [0.1, 0.15) is 5.69 Å². The van der Waals surface area contributed by atoms with Gasteiger partial charge in [0.2, 0.25) is 0 Å². The van der Waals surface area contributed by atoms with Gasteiger partial charge >= 0.3 is 12.2 Å². The molecule has 150 valence electrons. The molecule has 1 heterocycles. The molecule has 0 bridgehead atoms. The lowest BCUT2D eigenvalue weighted by Gasteiger charge is -2.38. The molecule has 2 saturated carbocycles. The summed E-state index contributed by atoms with van der Waals surface area (Å²) in [7, 11) is 0. The summed E-state index contributed by atoms with van der Waals surface area (Å²) >= 11 is 0. The zero-order chi connectivity index (χ0) is 19.7. The fourth-order valence-corrected chi connectivity index (χ4v) is 3.85. The van der Waals surface area contributed by atoms with Gasteiger partial charge in [-0.05, 0) is 55.6 Å². The first kappa shape index (κ1) is 20.0. The number of rotatable bonds is 5. The molecule has 2 aliphatic rings. The highest BCUT2D eigenvalue weighted by Gasteiger charge is 2.35. The van der Waals surface area contributed by atoms with Gasteiger partial charge in [-0.25, -0.2) is 9.78 Å². The van der Waals surface area contributed by atoms with Gasteiger partial charge in [-0.2, -0.15) is 13.2 Å². The average molecular weight is 383 g/mol. The van der Waals surface area contributed by atoms with Crippen molar-refractivity contribution in [1.82, 2.24) is 10.3 Å². The number of urea groups is 1. The second-order valence-corrected chi connectivity index (χ2v) is 8.44. The smallest absolute Gasteiger partial charge is 0.337 e. The van der Waals surface area contributed by atoms with Crippen LogP contribution in [0, 0.1) is 18.3 Å². The lowest BCUT2D eigenvalue weighted by Crippen LogP contribution is -2.47. The van der Waals surface area contributed by atoms with E-state index in [4.69, 9.17) is 0 Å². The maximum Gasteiger partial charge on any atom is 0.433 e. The van der Waals surface area contributed by atoms with Crippen LogP contribution in [0.3, 0.4) is 0 Å². The molecule has 0 spiro atoms. The number of anilines is 1. The number of halogens is 3. The predicted octanol–water partition coefficient (Wildman–Crippen LogP) is 5.31. The maximum atomic E-state index is 13.0. The monoisotopic (exact) mass is 383 g/mol. The number of hydrogen-bond donors (Lipinski definition) is 1. The van der Waals surface area contributed by atoms with Crippen LogP contribution in [0.25, 0.3) is 0 Å². The normalized spacial score (nSPS) is 19.6. The van der Waals surface area contributed by atoms with Crippen molar-refractivity contribution in [3.05, 3.63) is 23.5 Å². The Morgan fingerprint density at radius 3 is 2.52 bits per heavy atom. The number of alkyl halides is 3. The highest BCUT2D eigenvalue weighted by Crippen LogP contribution is 2.38. The summed E-state index contributed by atoms with van der Waals surface area (Å²) in [6, 6.07) is 0.790. The van der Waals surface area contributed by atoms with Crippen molar-refractivity contribution in [3.8, 4) is 0 Å². The van der Waals surface area contributed by atoms with E-state index in [2.05, 4.69) is 17.2 Å². The molecule has 0 aliphatic heterocycles. The van der Waals surface area contributed by atoms with Gasteiger partial charge in [0.05, 0.1) is 11.9 Å². The van der Waals surface area contributed by atoms with Crippen LogP contribution in [0.5, 0.6) is 0 Å². The molecule has 1 aromatic rings. The van der Waals surface area contributed by atoms with Crippen LogP contribution in [0.1, 0.15) is 63.1 Å². The Hall–Kier alpha value is -1.79. The van der Waals surface area contributed by atoms with Crippen molar-refractivity contribution in [1.29, 1.82) is 0 Å². The van der Waals surface area contributed by atoms with E-state index in [1.807, 2.05) is 0 Å². The summed E-state index contributed by atoms with van der Waals surface area (Å²) in [6.45, 7) is 4.90. The van der Waals surface area contributed by atoms with Crippen molar-refractivity contribution in [2.75, 3.05) is 18.0 Å². The summed E-state index contributed by atoms with van der Waals surface area (Å²) in [5.74, 6) is 0.535. The number of pyridine rings is 1. The Balaban J connectivity index is 1.84. The molecular formula is C20H28F3N3O. The predicted molar refractivity (Wildman–Crippen MR) is 98.6 cm³/mol. The van der Waals surface area contributed by atoms with Gasteiger partial charge in [-0.3, -0.25) is 4.90 Å². The van der Waals surface area contributed by atoms with Gasteiger partial charge < -0.3 is 5.32 Å². The van der Waals surface area contributed by atoms with Gasteiger partial charge in [-0.1, -0.05) is 26.2 Å². The van der Waals surface area contributed by atoms with Gasteiger partial charge in [-0.15, -0.1) is 0 Å². The number of aromatic nitrogens is 1. The minimum atomic E-state index is -4.49. The molecular weight excluding hydrogens is 355 g/mol. The molecule has 0 atom stereocenters. The molecule has 0 unspecified atom stereocenters. The largest absolute Gasteiger partial charge is 0.433 e. The van der Waals surface area contributed by atoms with Crippen molar-refractivity contribution >= 4 is 11.7 Å². The Morgan fingerprint density at radius 1 is 1.30 bits per heavy atom. The van der Waals surface area contributed by atoms with Crippen LogP contribution in [0.4, 0.5) is 23.7 Å². The third kappa shape index (κ3) is 5.14. The second kappa shape index (κ2) is 7.68. The molecule has 1 aromatic heterocycles. The number of carbonyl (C=O) groups is 1. The summed E-state index contributed by atoms with van der Waals surface area (Å²) in [4.78, 5) is 18.1. The maximum absolute atomic E-state index is 13.0. The van der Waals surface area contributed by atoms with Crippen molar-refractivity contribution in [2.45, 2.75) is 65.0 Å². The molecule has 0 saturated heterocycles. The lowest BCUT2D eigenvalue weighted by atomic mass is 9.75. The molecule has 4 nitrogen and oxygen atoms in total. The number of carbonyl (C=O) groups excluding carboxylic acids is 1. The second-order valence-electron chi connectivity index (χ2n) is 8.44. The average Bonchev–Trinajstić information content (AvgIpc) is 3.42. The molecule has 2 amide bonds. The molecule has 2 aliphatic carbocycles. The number of nitrogens with zero attached hydrogens (tertiary/aromatic N) is 2. The van der Waals surface area contributed by atoms with E-state index < -0.39 is 11.9 Å². The first-order valence-corrected chi connectivity index (χ1v) is 9.77. The molecule has 7 heteroatoms. The van der Waals surface area contributed by atoms with E-state index in [1.54, 1.807) is 11.8 Å². The third-order valence-electron chi connectivity index (χ3n) is 5.75. The number of nitrogens with one attached hydrogen (secondary N) is 1. The fourth-order valence-electron chi connectivity index (χ4n) is 3.85. The van der Waals surface area contributed by atoms with Crippen LogP contribution in [0.15, 0.2) is 12.3 Å². The molecule has 1 N–H and O–H groups in total. The molecule has 2 fully saturated rings.